The standard InChI is InChI=1S/C11H17NS/c1-3-7-10(2)12-13-11-8-5-4-6-9-11/h4-6,8-10,12H,3,7H2,1-2H3. The first-order valence-corrected chi connectivity index (χ1v) is 5.62. The Bertz CT molecular complexity index is 223. The summed E-state index contributed by atoms with van der Waals surface area (Å²) in [5.41, 5.74) is 0. The summed E-state index contributed by atoms with van der Waals surface area (Å²) in [6.45, 7) is 4.44. The Hall–Kier alpha value is -0.470. The summed E-state index contributed by atoms with van der Waals surface area (Å²) in [6.07, 6.45) is 2.48. The van der Waals surface area contributed by atoms with Gasteiger partial charge >= 0.3 is 0 Å². The number of benzene rings is 1. The Morgan fingerprint density at radius 1 is 1.31 bits per heavy atom. The summed E-state index contributed by atoms with van der Waals surface area (Å²) >= 11 is 1.72. The first-order valence-electron chi connectivity index (χ1n) is 4.80. The molecule has 1 rings (SSSR count). The number of hydrogen-bond donors (Lipinski definition) is 1. The maximum Gasteiger partial charge on any atom is 0.0228 e. The van der Waals surface area contributed by atoms with Gasteiger partial charge in [0, 0.05) is 10.9 Å². The Balaban J connectivity index is 2.27. The lowest BCUT2D eigenvalue weighted by molar-refractivity contribution is 0.617. The van der Waals surface area contributed by atoms with Gasteiger partial charge in [0.2, 0.25) is 0 Å². The van der Waals surface area contributed by atoms with Crippen molar-refractivity contribution in [1.29, 1.82) is 0 Å². The minimum atomic E-state index is 0.593. The lowest BCUT2D eigenvalue weighted by Gasteiger charge is -2.11. The smallest absolute Gasteiger partial charge is 0.0228 e. The molecule has 1 nitrogen and oxygen atoms in total. The molecule has 1 aromatic rings. The summed E-state index contributed by atoms with van der Waals surface area (Å²) < 4.78 is 3.42. The normalized spacial score (nSPS) is 12.8. The van der Waals surface area contributed by atoms with E-state index in [2.05, 4.69) is 42.8 Å². The second-order valence-corrected chi connectivity index (χ2v) is 4.13. The van der Waals surface area contributed by atoms with Gasteiger partial charge in [-0.05, 0) is 37.4 Å². The Labute approximate surface area is 85.1 Å². The molecule has 1 atom stereocenters. The van der Waals surface area contributed by atoms with Gasteiger partial charge in [-0.1, -0.05) is 31.5 Å². The van der Waals surface area contributed by atoms with Crippen LogP contribution in [0.1, 0.15) is 26.7 Å². The zero-order valence-corrected chi connectivity index (χ0v) is 9.10. The maximum absolute atomic E-state index is 3.42. The summed E-state index contributed by atoms with van der Waals surface area (Å²) in [6, 6.07) is 11.0. The van der Waals surface area contributed by atoms with Crippen LogP contribution in [-0.2, 0) is 0 Å². The van der Waals surface area contributed by atoms with E-state index in [1.54, 1.807) is 11.9 Å². The quantitative estimate of drug-likeness (QED) is 0.722. The van der Waals surface area contributed by atoms with Crippen LogP contribution in [0.15, 0.2) is 35.2 Å². The Morgan fingerprint density at radius 3 is 2.62 bits per heavy atom. The van der Waals surface area contributed by atoms with Gasteiger partial charge < -0.3 is 0 Å². The Kier molecular flexibility index (Phi) is 4.94. The second-order valence-electron chi connectivity index (χ2n) is 3.22. The molecular formula is C11H17NS. The molecule has 0 spiro atoms. The monoisotopic (exact) mass is 195 g/mol. The molecule has 0 radical (unpaired) electrons. The predicted molar refractivity (Wildman–Crippen MR) is 59.8 cm³/mol. The van der Waals surface area contributed by atoms with Gasteiger partial charge in [-0.15, -0.1) is 0 Å². The zero-order chi connectivity index (χ0) is 9.52. The highest BCUT2D eigenvalue weighted by atomic mass is 32.2. The fourth-order valence-electron chi connectivity index (χ4n) is 1.15. The van der Waals surface area contributed by atoms with Gasteiger partial charge in [-0.25, -0.2) is 0 Å². The van der Waals surface area contributed by atoms with Crippen LogP contribution in [0.5, 0.6) is 0 Å². The number of nitrogens with one attached hydrogen (secondary N) is 1. The van der Waals surface area contributed by atoms with Crippen LogP contribution in [0, 0.1) is 0 Å². The van der Waals surface area contributed by atoms with Crippen LogP contribution in [0.25, 0.3) is 0 Å². The minimum absolute atomic E-state index is 0.593. The van der Waals surface area contributed by atoms with Crippen molar-refractivity contribution in [3.8, 4) is 0 Å². The zero-order valence-electron chi connectivity index (χ0n) is 8.29. The maximum atomic E-state index is 3.42. The van der Waals surface area contributed by atoms with Crippen molar-refractivity contribution < 1.29 is 0 Å². The van der Waals surface area contributed by atoms with E-state index in [4.69, 9.17) is 0 Å². The van der Waals surface area contributed by atoms with Crippen molar-refractivity contribution in [2.45, 2.75) is 37.6 Å². The lowest BCUT2D eigenvalue weighted by Crippen LogP contribution is -2.18. The molecule has 0 fully saturated rings. The van der Waals surface area contributed by atoms with Crippen LogP contribution in [0.2, 0.25) is 0 Å². The van der Waals surface area contributed by atoms with Gasteiger partial charge in [-0.3, -0.25) is 4.72 Å². The van der Waals surface area contributed by atoms with Crippen LogP contribution in [0.4, 0.5) is 0 Å². The molecule has 13 heavy (non-hydrogen) atoms. The van der Waals surface area contributed by atoms with E-state index in [9.17, 15) is 0 Å². The fraction of sp³-hybridized carbons (Fsp3) is 0.455. The van der Waals surface area contributed by atoms with Crippen LogP contribution in [-0.4, -0.2) is 6.04 Å². The predicted octanol–water partition coefficient (Wildman–Crippen LogP) is 3.47. The average Bonchev–Trinajstić information content (AvgIpc) is 2.17. The van der Waals surface area contributed by atoms with E-state index in [1.165, 1.54) is 17.7 Å². The molecule has 0 aliphatic rings. The molecule has 0 aliphatic heterocycles. The van der Waals surface area contributed by atoms with E-state index >= 15 is 0 Å². The molecule has 0 bridgehead atoms. The first kappa shape index (κ1) is 10.6. The molecule has 0 amide bonds. The van der Waals surface area contributed by atoms with E-state index in [1.807, 2.05) is 6.07 Å². The largest absolute Gasteiger partial charge is 0.257 e. The van der Waals surface area contributed by atoms with Gasteiger partial charge in [0.15, 0.2) is 0 Å². The van der Waals surface area contributed by atoms with Crippen LogP contribution >= 0.6 is 11.9 Å². The SMILES string of the molecule is CCCC(C)NSc1ccccc1. The third-order valence-electron chi connectivity index (χ3n) is 1.84. The van der Waals surface area contributed by atoms with Crippen LogP contribution < -0.4 is 4.72 Å². The molecule has 1 N–H and O–H groups in total. The number of hydrogen-bond acceptors (Lipinski definition) is 2. The topological polar surface area (TPSA) is 12.0 Å². The molecule has 2 heteroatoms. The third-order valence-corrected chi connectivity index (χ3v) is 2.87. The molecule has 0 heterocycles. The summed E-state index contributed by atoms with van der Waals surface area (Å²) in [5.74, 6) is 0. The third kappa shape index (κ3) is 4.34. The molecule has 0 aromatic heterocycles. The van der Waals surface area contributed by atoms with Gasteiger partial charge in [0.1, 0.15) is 0 Å². The molecule has 0 aliphatic carbocycles. The molecule has 0 saturated carbocycles. The summed E-state index contributed by atoms with van der Waals surface area (Å²) in [4.78, 5) is 1.28. The van der Waals surface area contributed by atoms with E-state index in [-0.39, 0.29) is 0 Å². The van der Waals surface area contributed by atoms with Crippen molar-refractivity contribution in [1.82, 2.24) is 4.72 Å². The average molecular weight is 195 g/mol. The molecule has 72 valence electrons. The van der Waals surface area contributed by atoms with Gasteiger partial charge in [-0.2, -0.15) is 0 Å². The van der Waals surface area contributed by atoms with E-state index in [0.717, 1.165) is 0 Å². The molecule has 1 unspecified atom stereocenters. The highest BCUT2D eigenvalue weighted by Crippen LogP contribution is 2.14. The van der Waals surface area contributed by atoms with Crippen molar-refractivity contribution in [3.63, 3.8) is 0 Å². The lowest BCUT2D eigenvalue weighted by atomic mass is 10.2. The summed E-state index contributed by atoms with van der Waals surface area (Å²) in [5, 5.41) is 0. The van der Waals surface area contributed by atoms with Crippen molar-refractivity contribution in [2.75, 3.05) is 0 Å². The van der Waals surface area contributed by atoms with E-state index in [0.29, 0.717) is 6.04 Å². The first-order chi connectivity index (χ1) is 6.33. The van der Waals surface area contributed by atoms with Crippen LogP contribution in [0.3, 0.4) is 0 Å². The van der Waals surface area contributed by atoms with Crippen molar-refractivity contribution in [3.05, 3.63) is 30.3 Å². The molecule has 1 aromatic carbocycles. The summed E-state index contributed by atoms with van der Waals surface area (Å²) in [7, 11) is 0. The van der Waals surface area contributed by atoms with Crippen molar-refractivity contribution >= 4 is 11.9 Å². The highest BCUT2D eigenvalue weighted by Gasteiger charge is 1.99. The number of rotatable bonds is 5. The van der Waals surface area contributed by atoms with Gasteiger partial charge in [0.25, 0.3) is 0 Å². The second kappa shape index (κ2) is 6.06. The molecular weight excluding hydrogens is 178 g/mol. The van der Waals surface area contributed by atoms with E-state index < -0.39 is 0 Å². The Morgan fingerprint density at radius 2 is 2.00 bits per heavy atom. The van der Waals surface area contributed by atoms with Crippen molar-refractivity contribution in [2.24, 2.45) is 0 Å². The minimum Gasteiger partial charge on any atom is -0.257 e. The molecule has 0 saturated heterocycles. The van der Waals surface area contributed by atoms with Gasteiger partial charge in [0.05, 0.1) is 0 Å². The highest BCUT2D eigenvalue weighted by molar-refractivity contribution is 7.97. The fourth-order valence-corrected chi connectivity index (χ4v) is 1.90.